The first kappa shape index (κ1) is 18.6. The highest BCUT2D eigenvalue weighted by Crippen LogP contribution is 2.16. The topological polar surface area (TPSA) is 64.4 Å². The molecule has 0 spiro atoms. The average Bonchev–Trinajstić information content (AvgIpc) is 2.57. The summed E-state index contributed by atoms with van der Waals surface area (Å²) in [5.74, 6) is -0.279. The van der Waals surface area contributed by atoms with Gasteiger partial charge in [-0.3, -0.25) is 9.59 Å². The molecule has 6 nitrogen and oxygen atoms in total. The van der Waals surface area contributed by atoms with Crippen molar-refractivity contribution in [3.63, 3.8) is 0 Å². The number of aryl methyl sites for hydroxylation is 1. The molecule has 0 radical (unpaired) electrons. The molecule has 0 aliphatic heterocycles. The van der Waals surface area contributed by atoms with Gasteiger partial charge in [0.25, 0.3) is 11.5 Å². The highest BCUT2D eigenvalue weighted by molar-refractivity contribution is 5.91. The summed E-state index contributed by atoms with van der Waals surface area (Å²) in [6.45, 7) is -0.256. The zero-order valence-electron chi connectivity index (χ0n) is 14.0. The van der Waals surface area contributed by atoms with E-state index in [0.29, 0.717) is 6.54 Å². The van der Waals surface area contributed by atoms with E-state index in [1.165, 1.54) is 33.8 Å². The number of ether oxygens (including phenoxy) is 1. The molecule has 2 rings (SSSR count). The maximum absolute atomic E-state index is 12.5. The summed E-state index contributed by atoms with van der Waals surface area (Å²) in [6, 6.07) is 8.76. The van der Waals surface area contributed by atoms with Crippen LogP contribution in [-0.2, 0) is 13.1 Å². The van der Waals surface area contributed by atoms with Crippen molar-refractivity contribution in [2.24, 2.45) is 0 Å². The van der Waals surface area contributed by atoms with E-state index in [1.54, 1.807) is 19.2 Å². The van der Waals surface area contributed by atoms with Crippen molar-refractivity contribution < 1.29 is 18.3 Å². The van der Waals surface area contributed by atoms with Crippen molar-refractivity contribution in [1.29, 1.82) is 0 Å². The number of carbonyl (C=O) groups is 1. The quantitative estimate of drug-likeness (QED) is 0.769. The Bertz CT molecular complexity index is 775. The number of nitrogens with zero attached hydrogens (tertiary/aromatic N) is 3. The predicted molar refractivity (Wildman–Crippen MR) is 87.7 cm³/mol. The molecule has 25 heavy (non-hydrogen) atoms. The van der Waals surface area contributed by atoms with Crippen LogP contribution in [0.3, 0.4) is 0 Å². The third-order valence-electron chi connectivity index (χ3n) is 3.44. The summed E-state index contributed by atoms with van der Waals surface area (Å²) in [5, 5.41) is 4.08. The van der Waals surface area contributed by atoms with E-state index in [0.717, 1.165) is 12.0 Å². The fourth-order valence-corrected chi connectivity index (χ4v) is 2.25. The summed E-state index contributed by atoms with van der Waals surface area (Å²) in [4.78, 5) is 25.6. The summed E-state index contributed by atoms with van der Waals surface area (Å²) in [5.41, 5.74) is 0.670. The van der Waals surface area contributed by atoms with Gasteiger partial charge in [-0.1, -0.05) is 19.1 Å². The van der Waals surface area contributed by atoms with Crippen LogP contribution in [0.25, 0.3) is 0 Å². The highest BCUT2D eigenvalue weighted by atomic mass is 19.3. The van der Waals surface area contributed by atoms with E-state index in [2.05, 4.69) is 9.84 Å². The van der Waals surface area contributed by atoms with Gasteiger partial charge in [0.05, 0.1) is 0 Å². The van der Waals surface area contributed by atoms with E-state index < -0.39 is 6.61 Å². The number of alkyl halides is 2. The Morgan fingerprint density at radius 2 is 1.92 bits per heavy atom. The van der Waals surface area contributed by atoms with Crippen LogP contribution in [0.2, 0.25) is 0 Å². The zero-order valence-corrected chi connectivity index (χ0v) is 14.0. The lowest BCUT2D eigenvalue weighted by Gasteiger charge is -2.17. The number of hydrogen-bond acceptors (Lipinski definition) is 4. The number of hydrogen-bond donors (Lipinski definition) is 0. The first-order chi connectivity index (χ1) is 11.9. The molecular weight excluding hydrogens is 332 g/mol. The van der Waals surface area contributed by atoms with Crippen LogP contribution in [0.1, 0.15) is 29.4 Å². The Hall–Kier alpha value is -2.77. The third-order valence-corrected chi connectivity index (χ3v) is 3.44. The van der Waals surface area contributed by atoms with E-state index in [1.807, 2.05) is 6.92 Å². The second-order valence-corrected chi connectivity index (χ2v) is 5.46. The molecule has 0 saturated carbocycles. The second kappa shape index (κ2) is 8.36. The minimum atomic E-state index is -2.88. The second-order valence-electron chi connectivity index (χ2n) is 5.46. The number of carbonyl (C=O) groups excluding carboxylic acids is 1. The smallest absolute Gasteiger partial charge is 0.387 e. The van der Waals surface area contributed by atoms with Crippen molar-refractivity contribution in [1.82, 2.24) is 14.7 Å². The number of aromatic nitrogens is 2. The van der Waals surface area contributed by atoms with Gasteiger partial charge in [-0.2, -0.15) is 13.9 Å². The lowest BCUT2D eigenvalue weighted by atomic mass is 10.2. The van der Waals surface area contributed by atoms with E-state index in [4.69, 9.17) is 0 Å². The fraction of sp³-hybridized carbons (Fsp3) is 0.353. The van der Waals surface area contributed by atoms with Crippen LogP contribution < -0.4 is 10.3 Å². The number of halogens is 2. The normalized spacial score (nSPS) is 10.8. The first-order valence-corrected chi connectivity index (χ1v) is 7.78. The van der Waals surface area contributed by atoms with Gasteiger partial charge < -0.3 is 9.64 Å². The maximum Gasteiger partial charge on any atom is 0.387 e. The van der Waals surface area contributed by atoms with Crippen molar-refractivity contribution in [3.05, 3.63) is 58.0 Å². The number of rotatable bonds is 7. The Balaban J connectivity index is 2.07. The lowest BCUT2D eigenvalue weighted by molar-refractivity contribution is -0.0498. The summed E-state index contributed by atoms with van der Waals surface area (Å²) < 4.78 is 29.8. The molecule has 0 N–H and O–H groups in total. The Morgan fingerprint density at radius 3 is 2.52 bits per heavy atom. The maximum atomic E-state index is 12.5. The van der Waals surface area contributed by atoms with Gasteiger partial charge >= 0.3 is 6.61 Å². The van der Waals surface area contributed by atoms with Gasteiger partial charge in [-0.15, -0.1) is 0 Å². The molecule has 1 heterocycles. The van der Waals surface area contributed by atoms with Crippen LogP contribution in [0.5, 0.6) is 5.75 Å². The van der Waals surface area contributed by atoms with Crippen molar-refractivity contribution in [2.45, 2.75) is 33.0 Å². The van der Waals surface area contributed by atoms with Gasteiger partial charge in [0.1, 0.15) is 11.4 Å². The largest absolute Gasteiger partial charge is 0.435 e. The third kappa shape index (κ3) is 5.10. The average molecular weight is 351 g/mol. The molecule has 1 aromatic carbocycles. The van der Waals surface area contributed by atoms with Gasteiger partial charge in [0.2, 0.25) is 0 Å². The first-order valence-electron chi connectivity index (χ1n) is 7.78. The van der Waals surface area contributed by atoms with Crippen LogP contribution in [-0.4, -0.2) is 34.2 Å². The zero-order chi connectivity index (χ0) is 18.4. The van der Waals surface area contributed by atoms with Crippen LogP contribution in [0.15, 0.2) is 41.2 Å². The van der Waals surface area contributed by atoms with E-state index in [9.17, 15) is 18.4 Å². The monoisotopic (exact) mass is 351 g/mol. The molecule has 0 fully saturated rings. The van der Waals surface area contributed by atoms with Gasteiger partial charge in [-0.05, 0) is 30.2 Å². The molecule has 8 heteroatoms. The molecule has 0 atom stereocenters. The Labute approximate surface area is 143 Å². The molecule has 0 aliphatic carbocycles. The minimum Gasteiger partial charge on any atom is -0.435 e. The van der Waals surface area contributed by atoms with E-state index >= 15 is 0 Å². The fourth-order valence-electron chi connectivity index (χ4n) is 2.25. The standard InChI is InChI=1S/C17H19F2N3O3/c1-3-10-22-15(23)9-8-14(20-22)16(24)21(2)11-12-4-6-13(7-5-12)25-17(18)19/h4-9,17H,3,10-11H2,1-2H3. The van der Waals surface area contributed by atoms with Crippen molar-refractivity contribution in [3.8, 4) is 5.75 Å². The molecule has 0 unspecified atom stereocenters. The van der Waals surface area contributed by atoms with Gasteiger partial charge in [-0.25, -0.2) is 4.68 Å². The molecule has 0 saturated heterocycles. The Morgan fingerprint density at radius 1 is 1.24 bits per heavy atom. The van der Waals surface area contributed by atoms with Crippen LogP contribution in [0, 0.1) is 0 Å². The molecule has 0 bridgehead atoms. The molecule has 0 aliphatic rings. The SMILES string of the molecule is CCCn1nc(C(=O)N(C)Cc2ccc(OC(F)F)cc2)ccc1=O. The van der Waals surface area contributed by atoms with Gasteiger partial charge in [0, 0.05) is 26.2 Å². The lowest BCUT2D eigenvalue weighted by Crippen LogP contribution is -2.31. The molecule has 1 amide bonds. The van der Waals surface area contributed by atoms with Crippen LogP contribution in [0.4, 0.5) is 8.78 Å². The molecule has 134 valence electrons. The van der Waals surface area contributed by atoms with Crippen LogP contribution >= 0.6 is 0 Å². The predicted octanol–water partition coefficient (Wildman–Crippen LogP) is 2.53. The number of amides is 1. The molecule has 2 aromatic rings. The highest BCUT2D eigenvalue weighted by Gasteiger charge is 2.15. The van der Waals surface area contributed by atoms with E-state index in [-0.39, 0.29) is 29.5 Å². The van der Waals surface area contributed by atoms with Crippen molar-refractivity contribution in [2.75, 3.05) is 7.05 Å². The summed E-state index contributed by atoms with van der Waals surface area (Å²) in [6.07, 6.45) is 0.730. The molecule has 1 aromatic heterocycles. The van der Waals surface area contributed by atoms with Gasteiger partial charge in [0.15, 0.2) is 0 Å². The minimum absolute atomic E-state index is 0.0565. The Kier molecular flexibility index (Phi) is 6.21. The number of benzene rings is 1. The molecular formula is C17H19F2N3O3. The summed E-state index contributed by atoms with van der Waals surface area (Å²) in [7, 11) is 1.60. The summed E-state index contributed by atoms with van der Waals surface area (Å²) >= 11 is 0. The van der Waals surface area contributed by atoms with Crippen molar-refractivity contribution >= 4 is 5.91 Å².